The van der Waals surface area contributed by atoms with Gasteiger partial charge in [0.2, 0.25) is 0 Å². The Bertz CT molecular complexity index is 578. The minimum absolute atomic E-state index is 0.0739. The third-order valence-corrected chi connectivity index (χ3v) is 7.33. The van der Waals surface area contributed by atoms with E-state index in [2.05, 4.69) is 13.1 Å². The van der Waals surface area contributed by atoms with Gasteiger partial charge >= 0.3 is 23.2 Å². The Morgan fingerprint density at radius 2 is 1.83 bits per heavy atom. The number of fused-ring (bicyclic) bond motifs is 1. The first kappa shape index (κ1) is 19.8. The molecule has 3 N–H and O–H groups in total. The molecular weight excluding hydrogens is 376 g/mol. The number of hydrogen-bond donors (Lipinski definition) is 3. The molecule has 0 aromatic rings. The van der Waals surface area contributed by atoms with Gasteiger partial charge in [0.1, 0.15) is 14.0 Å². The Hall–Kier alpha value is 0.435. The van der Waals surface area contributed by atoms with Gasteiger partial charge in [0.15, 0.2) is 0 Å². The van der Waals surface area contributed by atoms with Gasteiger partial charge in [-0.05, 0) is 6.42 Å². The average Bonchev–Trinajstić information content (AvgIpc) is 2.86. The molecule has 0 aromatic carbocycles. The van der Waals surface area contributed by atoms with Gasteiger partial charge in [0.05, 0.1) is 12.7 Å². The van der Waals surface area contributed by atoms with Crippen LogP contribution in [-0.4, -0.2) is 60.6 Å². The normalized spacial score (nSPS) is 38.4. The topological polar surface area (TPSA) is 158 Å². The number of rotatable bonds is 7. The number of phosphoric acid groups is 2. The van der Waals surface area contributed by atoms with Crippen LogP contribution in [0.1, 0.15) is 6.42 Å². The van der Waals surface area contributed by atoms with E-state index in [9.17, 15) is 18.6 Å². The largest absolute Gasteiger partial charge is 0.488 e. The van der Waals surface area contributed by atoms with E-state index >= 15 is 0 Å². The quantitative estimate of drug-likeness (QED) is 0.406. The first-order chi connectivity index (χ1) is 10.4. The van der Waals surface area contributed by atoms with E-state index < -0.39 is 48.1 Å². The standard InChI is InChI=1S/C8H16BO11P3/c1-21(10,11)19-23(14,15)20-22(12,13)17-4-6-7-5(2-3-16-7)8(9)18-6/h5-8H,2-4H2,1H3,(H,10,11)(H,12,13)(H,14,15). The molecule has 0 aromatic heterocycles. The zero-order valence-electron chi connectivity index (χ0n) is 12.0. The monoisotopic (exact) mass is 392 g/mol. The van der Waals surface area contributed by atoms with Crippen molar-refractivity contribution < 1.29 is 51.0 Å². The third-order valence-electron chi connectivity index (χ3n) is 3.17. The zero-order valence-corrected chi connectivity index (χ0v) is 14.6. The van der Waals surface area contributed by atoms with Gasteiger partial charge in [0.25, 0.3) is 0 Å². The highest BCUT2D eigenvalue weighted by molar-refractivity contribution is 7.68. The van der Waals surface area contributed by atoms with Crippen molar-refractivity contribution in [3.8, 4) is 0 Å². The molecule has 7 atom stereocenters. The Morgan fingerprint density at radius 1 is 1.17 bits per heavy atom. The summed E-state index contributed by atoms with van der Waals surface area (Å²) >= 11 is 0. The van der Waals surface area contributed by atoms with E-state index in [4.69, 9.17) is 27.1 Å². The molecule has 2 aliphatic rings. The van der Waals surface area contributed by atoms with Gasteiger partial charge in [-0.15, -0.1) is 0 Å². The van der Waals surface area contributed by atoms with Crippen molar-refractivity contribution in [1.29, 1.82) is 0 Å². The van der Waals surface area contributed by atoms with Crippen LogP contribution in [0.25, 0.3) is 0 Å². The van der Waals surface area contributed by atoms with Crippen molar-refractivity contribution in [2.75, 3.05) is 19.9 Å². The maximum atomic E-state index is 11.6. The first-order valence-electron chi connectivity index (χ1n) is 6.44. The van der Waals surface area contributed by atoms with Gasteiger partial charge in [-0.1, -0.05) is 0 Å². The molecule has 2 radical (unpaired) electrons. The molecule has 23 heavy (non-hydrogen) atoms. The van der Waals surface area contributed by atoms with Gasteiger partial charge in [-0.25, -0.2) is 13.4 Å². The summed E-state index contributed by atoms with van der Waals surface area (Å²) in [5, 5.41) is 0. The molecule has 132 valence electrons. The first-order valence-corrected chi connectivity index (χ1v) is 11.5. The smallest absolute Gasteiger partial charge is 0.379 e. The van der Waals surface area contributed by atoms with Crippen molar-refractivity contribution in [1.82, 2.24) is 0 Å². The number of hydrogen-bond acceptors (Lipinski definition) is 8. The summed E-state index contributed by atoms with van der Waals surface area (Å²) in [5.41, 5.74) is 0. The molecule has 0 aliphatic carbocycles. The molecule has 7 unspecified atom stereocenters. The van der Waals surface area contributed by atoms with E-state index in [0.717, 1.165) is 0 Å². The SMILES string of the molecule is [B]C1OC(COP(=O)(O)OP(=O)(O)OP(C)(=O)O)C2OCCC12. The second kappa shape index (κ2) is 6.98. The summed E-state index contributed by atoms with van der Waals surface area (Å²) in [6, 6.07) is -0.609. The highest BCUT2D eigenvalue weighted by Gasteiger charge is 2.47. The highest BCUT2D eigenvalue weighted by Crippen LogP contribution is 2.66. The minimum atomic E-state index is -5.28. The van der Waals surface area contributed by atoms with E-state index in [1.807, 2.05) is 0 Å². The fourth-order valence-electron chi connectivity index (χ4n) is 2.40. The molecule has 0 bridgehead atoms. The van der Waals surface area contributed by atoms with Crippen LogP contribution in [0.5, 0.6) is 0 Å². The summed E-state index contributed by atoms with van der Waals surface area (Å²) in [7, 11) is -9.02. The maximum Gasteiger partial charge on any atom is 0.488 e. The Labute approximate surface area is 133 Å². The average molecular weight is 392 g/mol. The second-order valence-corrected chi connectivity index (χ2v) is 10.2. The van der Waals surface area contributed by atoms with Crippen molar-refractivity contribution >= 4 is 31.1 Å². The second-order valence-electron chi connectivity index (χ2n) is 5.13. The maximum absolute atomic E-state index is 11.6. The summed E-state index contributed by atoms with van der Waals surface area (Å²) in [6.45, 7) is 0.581. The lowest BCUT2D eigenvalue weighted by Gasteiger charge is -2.20. The molecule has 2 fully saturated rings. The summed E-state index contributed by atoms with van der Waals surface area (Å²) in [5.74, 6) is -0.0739. The lowest BCUT2D eigenvalue weighted by atomic mass is 9.84. The van der Waals surface area contributed by atoms with Gasteiger partial charge in [-0.3, -0.25) is 9.09 Å². The fraction of sp³-hybridized carbons (Fsp3) is 1.00. The van der Waals surface area contributed by atoms with Crippen LogP contribution in [0.15, 0.2) is 0 Å². The summed E-state index contributed by atoms with van der Waals surface area (Å²) < 4.78 is 57.0. The molecule has 0 saturated carbocycles. The van der Waals surface area contributed by atoms with Crippen LogP contribution in [0.3, 0.4) is 0 Å². The third kappa shape index (κ3) is 5.73. The van der Waals surface area contributed by atoms with Crippen LogP contribution in [0.4, 0.5) is 0 Å². The number of phosphoric ester groups is 1. The molecule has 11 nitrogen and oxygen atoms in total. The summed E-state index contributed by atoms with van der Waals surface area (Å²) in [6.07, 6.45) is -0.497. The van der Waals surface area contributed by atoms with Gasteiger partial charge in [0, 0.05) is 25.2 Å². The molecular formula is C8H16BO11P3. The fourth-order valence-corrected chi connectivity index (χ4v) is 5.89. The predicted molar refractivity (Wildman–Crippen MR) is 75.8 cm³/mol. The lowest BCUT2D eigenvalue weighted by Crippen LogP contribution is -2.28. The highest BCUT2D eigenvalue weighted by atomic mass is 31.3. The molecule has 2 heterocycles. The molecule has 2 rings (SSSR count). The van der Waals surface area contributed by atoms with Crippen molar-refractivity contribution in [3.63, 3.8) is 0 Å². The van der Waals surface area contributed by atoms with Crippen LogP contribution in [-0.2, 0) is 36.3 Å². The van der Waals surface area contributed by atoms with E-state index in [1.54, 1.807) is 0 Å². The Balaban J connectivity index is 1.90. The van der Waals surface area contributed by atoms with Crippen LogP contribution >= 0.6 is 23.2 Å². The molecule has 0 spiro atoms. The van der Waals surface area contributed by atoms with Crippen molar-refractivity contribution in [2.45, 2.75) is 24.6 Å². The van der Waals surface area contributed by atoms with Crippen LogP contribution < -0.4 is 0 Å². The van der Waals surface area contributed by atoms with E-state index in [-0.39, 0.29) is 5.92 Å². The Morgan fingerprint density at radius 3 is 2.43 bits per heavy atom. The van der Waals surface area contributed by atoms with E-state index in [0.29, 0.717) is 19.7 Å². The van der Waals surface area contributed by atoms with Crippen molar-refractivity contribution in [2.24, 2.45) is 5.92 Å². The van der Waals surface area contributed by atoms with Gasteiger partial charge < -0.3 is 24.2 Å². The van der Waals surface area contributed by atoms with Crippen LogP contribution in [0.2, 0.25) is 0 Å². The van der Waals surface area contributed by atoms with Crippen LogP contribution in [0, 0.1) is 5.92 Å². The summed E-state index contributed by atoms with van der Waals surface area (Å²) in [4.78, 5) is 27.4. The van der Waals surface area contributed by atoms with Gasteiger partial charge in [-0.2, -0.15) is 4.31 Å². The van der Waals surface area contributed by atoms with E-state index in [1.165, 1.54) is 0 Å². The molecule has 15 heteroatoms. The molecule has 0 amide bonds. The Kier molecular flexibility index (Phi) is 5.99. The lowest BCUT2D eigenvalue weighted by molar-refractivity contribution is -0.0268. The number of ether oxygens (including phenoxy) is 2. The van der Waals surface area contributed by atoms with Crippen molar-refractivity contribution in [3.05, 3.63) is 0 Å². The zero-order chi connectivity index (χ0) is 17.5. The minimum Gasteiger partial charge on any atom is -0.379 e. The molecule has 2 saturated heterocycles. The molecule has 2 aliphatic heterocycles. The predicted octanol–water partition coefficient (Wildman–Crippen LogP) is 0.351.